The Morgan fingerprint density at radius 1 is 1.40 bits per heavy atom. The molecule has 0 heterocycles. The van der Waals surface area contributed by atoms with Crippen molar-refractivity contribution in [2.45, 2.75) is 56.9 Å². The van der Waals surface area contributed by atoms with Crippen LogP contribution in [0.2, 0.25) is 0 Å². The smallest absolute Gasteiger partial charge is 0.221 e. The quantitative estimate of drug-likeness (QED) is 0.512. The first-order valence-corrected chi connectivity index (χ1v) is 8.63. The Balaban J connectivity index is 2.22. The van der Waals surface area contributed by atoms with Crippen molar-refractivity contribution in [2.24, 2.45) is 4.99 Å². The minimum absolute atomic E-state index is 0.0752. The second-order valence-electron chi connectivity index (χ2n) is 5.48. The summed E-state index contributed by atoms with van der Waals surface area (Å²) in [4.78, 5) is 15.8. The molecule has 1 rings (SSSR count). The summed E-state index contributed by atoms with van der Waals surface area (Å²) in [7, 11) is 1.77. The molecule has 0 aliphatic heterocycles. The first-order chi connectivity index (χ1) is 9.55. The Kier molecular flexibility index (Phi) is 7.80. The maximum absolute atomic E-state index is 11.5. The number of guanidine groups is 1. The Bertz CT molecular complexity index is 333. The lowest BCUT2D eigenvalue weighted by molar-refractivity contribution is -0.121. The summed E-state index contributed by atoms with van der Waals surface area (Å²) in [5, 5.41) is 10.3. The maximum atomic E-state index is 11.5. The molecule has 0 aromatic heterocycles. The van der Waals surface area contributed by atoms with Crippen molar-refractivity contribution in [3.05, 3.63) is 0 Å². The maximum Gasteiger partial charge on any atom is 0.221 e. The molecule has 3 N–H and O–H groups in total. The highest BCUT2D eigenvalue weighted by Crippen LogP contribution is 2.27. The number of hydrogen-bond acceptors (Lipinski definition) is 3. The SMILES string of the molecule is CN=C(NCCC(=O)NC(C)C)NC1CCC(SC)C1. The largest absolute Gasteiger partial charge is 0.356 e. The average molecular weight is 300 g/mol. The van der Waals surface area contributed by atoms with Crippen LogP contribution in [0.5, 0.6) is 0 Å². The van der Waals surface area contributed by atoms with E-state index in [9.17, 15) is 4.79 Å². The van der Waals surface area contributed by atoms with Crippen molar-refractivity contribution in [2.75, 3.05) is 19.8 Å². The summed E-state index contributed by atoms with van der Waals surface area (Å²) < 4.78 is 0. The van der Waals surface area contributed by atoms with Gasteiger partial charge in [-0.25, -0.2) is 0 Å². The number of carbonyl (C=O) groups excluding carboxylic acids is 1. The zero-order valence-corrected chi connectivity index (χ0v) is 13.8. The molecule has 2 atom stereocenters. The summed E-state index contributed by atoms with van der Waals surface area (Å²) in [6.45, 7) is 4.54. The van der Waals surface area contributed by atoms with Crippen LogP contribution in [0.15, 0.2) is 4.99 Å². The molecule has 6 heteroatoms. The lowest BCUT2D eigenvalue weighted by atomic mass is 10.2. The van der Waals surface area contributed by atoms with Crippen LogP contribution < -0.4 is 16.0 Å². The molecular weight excluding hydrogens is 272 g/mol. The first-order valence-electron chi connectivity index (χ1n) is 7.34. The normalized spacial score (nSPS) is 22.9. The van der Waals surface area contributed by atoms with E-state index in [0.29, 0.717) is 19.0 Å². The van der Waals surface area contributed by atoms with E-state index in [-0.39, 0.29) is 11.9 Å². The van der Waals surface area contributed by atoms with Gasteiger partial charge in [0.2, 0.25) is 5.91 Å². The van der Waals surface area contributed by atoms with Crippen molar-refractivity contribution in [3.63, 3.8) is 0 Å². The van der Waals surface area contributed by atoms with Gasteiger partial charge in [0.1, 0.15) is 0 Å². The zero-order valence-electron chi connectivity index (χ0n) is 13.0. The molecule has 0 bridgehead atoms. The van der Waals surface area contributed by atoms with Gasteiger partial charge in [-0.2, -0.15) is 11.8 Å². The van der Waals surface area contributed by atoms with Crippen molar-refractivity contribution >= 4 is 23.6 Å². The van der Waals surface area contributed by atoms with Crippen molar-refractivity contribution in [3.8, 4) is 0 Å². The fraction of sp³-hybridized carbons (Fsp3) is 0.857. The van der Waals surface area contributed by atoms with E-state index in [0.717, 1.165) is 11.2 Å². The number of amides is 1. The fourth-order valence-electron chi connectivity index (χ4n) is 2.36. The lowest BCUT2D eigenvalue weighted by Crippen LogP contribution is -2.44. The molecular formula is C14H28N4OS. The van der Waals surface area contributed by atoms with Gasteiger partial charge >= 0.3 is 0 Å². The molecule has 1 fully saturated rings. The van der Waals surface area contributed by atoms with E-state index in [4.69, 9.17) is 0 Å². The predicted molar refractivity (Wildman–Crippen MR) is 87.3 cm³/mol. The van der Waals surface area contributed by atoms with Crippen molar-refractivity contribution in [1.82, 2.24) is 16.0 Å². The van der Waals surface area contributed by atoms with Gasteiger partial charge < -0.3 is 16.0 Å². The molecule has 1 saturated carbocycles. The third-order valence-electron chi connectivity index (χ3n) is 3.38. The second-order valence-corrected chi connectivity index (χ2v) is 6.62. The molecule has 2 unspecified atom stereocenters. The third kappa shape index (κ3) is 6.50. The summed E-state index contributed by atoms with van der Waals surface area (Å²) in [5.74, 6) is 0.875. The molecule has 20 heavy (non-hydrogen) atoms. The predicted octanol–water partition coefficient (Wildman–Crippen LogP) is 1.35. The van der Waals surface area contributed by atoms with Gasteiger partial charge in [-0.3, -0.25) is 9.79 Å². The molecule has 116 valence electrons. The summed E-state index contributed by atoms with van der Waals surface area (Å²) in [5.41, 5.74) is 0. The molecule has 1 aliphatic rings. The molecule has 1 aliphatic carbocycles. The van der Waals surface area contributed by atoms with Crippen LogP contribution in [0, 0.1) is 0 Å². The molecule has 0 aromatic rings. The number of nitrogens with zero attached hydrogens (tertiary/aromatic N) is 1. The monoisotopic (exact) mass is 300 g/mol. The minimum atomic E-state index is 0.0752. The standard InChI is InChI=1S/C14H28N4OS/c1-10(2)17-13(19)7-8-16-14(15-3)18-11-5-6-12(9-11)20-4/h10-12H,5-9H2,1-4H3,(H,17,19)(H2,15,16,18). The van der Waals surface area contributed by atoms with Gasteiger partial charge in [-0.15, -0.1) is 0 Å². The summed E-state index contributed by atoms with van der Waals surface area (Å²) in [6, 6.07) is 0.699. The van der Waals surface area contributed by atoms with Crippen LogP contribution >= 0.6 is 11.8 Å². The van der Waals surface area contributed by atoms with Gasteiger partial charge in [0, 0.05) is 37.3 Å². The molecule has 0 aromatic carbocycles. The first kappa shape index (κ1) is 17.1. The average Bonchev–Trinajstić information content (AvgIpc) is 2.84. The zero-order chi connectivity index (χ0) is 15.0. The van der Waals surface area contributed by atoms with E-state index >= 15 is 0 Å². The van der Waals surface area contributed by atoms with Gasteiger partial charge in [-0.1, -0.05) is 0 Å². The van der Waals surface area contributed by atoms with Crippen LogP contribution in [-0.4, -0.2) is 49.0 Å². The third-order valence-corrected chi connectivity index (χ3v) is 4.47. The highest BCUT2D eigenvalue weighted by atomic mass is 32.2. The van der Waals surface area contributed by atoms with Crippen LogP contribution in [0.3, 0.4) is 0 Å². The number of hydrogen-bond donors (Lipinski definition) is 3. The second kappa shape index (κ2) is 9.10. The van der Waals surface area contributed by atoms with Gasteiger partial charge in [0.05, 0.1) is 0 Å². The fourth-order valence-corrected chi connectivity index (χ4v) is 3.16. The Hall–Kier alpha value is -0.910. The van der Waals surface area contributed by atoms with Crippen LogP contribution in [-0.2, 0) is 4.79 Å². The van der Waals surface area contributed by atoms with E-state index in [1.165, 1.54) is 19.3 Å². The number of carbonyl (C=O) groups is 1. The van der Waals surface area contributed by atoms with Gasteiger partial charge in [-0.05, 0) is 39.4 Å². The molecule has 5 nitrogen and oxygen atoms in total. The molecule has 0 saturated heterocycles. The van der Waals surface area contributed by atoms with E-state index < -0.39 is 0 Å². The number of rotatable bonds is 6. The number of thioether (sulfide) groups is 1. The van der Waals surface area contributed by atoms with Crippen LogP contribution in [0.4, 0.5) is 0 Å². The highest BCUT2D eigenvalue weighted by Gasteiger charge is 2.24. The summed E-state index contributed by atoms with van der Waals surface area (Å²) in [6.07, 6.45) is 6.30. The molecule has 0 spiro atoms. The highest BCUT2D eigenvalue weighted by molar-refractivity contribution is 7.99. The van der Waals surface area contributed by atoms with Crippen LogP contribution in [0.25, 0.3) is 0 Å². The van der Waals surface area contributed by atoms with Gasteiger partial charge in [0.25, 0.3) is 0 Å². The number of nitrogens with one attached hydrogen (secondary N) is 3. The van der Waals surface area contributed by atoms with E-state index in [1.807, 2.05) is 25.6 Å². The topological polar surface area (TPSA) is 65.5 Å². The molecule has 0 radical (unpaired) electrons. The van der Waals surface area contributed by atoms with E-state index in [2.05, 4.69) is 27.2 Å². The summed E-state index contributed by atoms with van der Waals surface area (Å²) >= 11 is 1.95. The van der Waals surface area contributed by atoms with Crippen molar-refractivity contribution < 1.29 is 4.79 Å². The lowest BCUT2D eigenvalue weighted by Gasteiger charge is -2.17. The van der Waals surface area contributed by atoms with Crippen LogP contribution in [0.1, 0.15) is 39.5 Å². The number of aliphatic imine (C=N–C) groups is 1. The van der Waals surface area contributed by atoms with Gasteiger partial charge in [0.15, 0.2) is 5.96 Å². The van der Waals surface area contributed by atoms with Crippen molar-refractivity contribution in [1.29, 1.82) is 0 Å². The minimum Gasteiger partial charge on any atom is -0.356 e. The Morgan fingerprint density at radius 3 is 2.70 bits per heavy atom. The Morgan fingerprint density at radius 2 is 2.15 bits per heavy atom. The Labute approximate surface area is 126 Å². The molecule has 1 amide bonds. The van der Waals surface area contributed by atoms with E-state index in [1.54, 1.807) is 7.05 Å².